The zero-order valence-corrected chi connectivity index (χ0v) is 15.2. The lowest BCUT2D eigenvalue weighted by atomic mass is 10.0. The average Bonchev–Trinajstić information content (AvgIpc) is 3.42. The molecule has 4 heteroatoms. The van der Waals surface area contributed by atoms with E-state index in [4.69, 9.17) is 9.97 Å². The van der Waals surface area contributed by atoms with Gasteiger partial charge in [0, 0.05) is 33.5 Å². The summed E-state index contributed by atoms with van der Waals surface area (Å²) in [5.74, 6) is 0.533. The summed E-state index contributed by atoms with van der Waals surface area (Å²) in [6.07, 6.45) is 7.24. The van der Waals surface area contributed by atoms with Gasteiger partial charge in [-0.15, -0.1) is 0 Å². The van der Waals surface area contributed by atoms with E-state index in [1.807, 2.05) is 0 Å². The Kier molecular flexibility index (Phi) is 3.01. The fourth-order valence-corrected chi connectivity index (χ4v) is 4.49. The van der Waals surface area contributed by atoms with Crippen molar-refractivity contribution in [2.75, 3.05) is 0 Å². The molecule has 0 fully saturated rings. The zero-order valence-electron chi connectivity index (χ0n) is 15.2. The van der Waals surface area contributed by atoms with Crippen molar-refractivity contribution in [1.29, 1.82) is 0 Å². The minimum Gasteiger partial charge on any atom is -0.355 e. The van der Waals surface area contributed by atoms with Crippen LogP contribution < -0.4 is 0 Å². The molecule has 1 atom stereocenters. The van der Waals surface area contributed by atoms with Gasteiger partial charge in [-0.1, -0.05) is 6.92 Å². The van der Waals surface area contributed by atoms with Crippen molar-refractivity contribution in [3.8, 4) is 0 Å². The summed E-state index contributed by atoms with van der Waals surface area (Å²) in [4.78, 5) is 16.8. The molecule has 8 bridgehead atoms. The lowest BCUT2D eigenvalue weighted by Gasteiger charge is -2.00. The second-order valence-corrected chi connectivity index (χ2v) is 7.79. The monoisotopic (exact) mass is 352 g/mol. The van der Waals surface area contributed by atoms with Gasteiger partial charge in [-0.3, -0.25) is 4.98 Å². The van der Waals surface area contributed by atoms with Gasteiger partial charge in [0.05, 0.1) is 11.4 Å². The summed E-state index contributed by atoms with van der Waals surface area (Å²) in [5.41, 5.74) is 11.7. The summed E-state index contributed by atoms with van der Waals surface area (Å²) in [7, 11) is 0. The Bertz CT molecular complexity index is 1270. The third kappa shape index (κ3) is 2.44. The van der Waals surface area contributed by atoms with Crippen LogP contribution in [-0.4, -0.2) is 19.9 Å². The van der Waals surface area contributed by atoms with Gasteiger partial charge in [-0.05, 0) is 84.9 Å². The van der Waals surface area contributed by atoms with Crippen LogP contribution >= 0.6 is 0 Å². The molecule has 6 rings (SSSR count). The molecular formula is C23H20N4. The van der Waals surface area contributed by atoms with E-state index >= 15 is 0 Å². The normalized spacial score (nSPS) is 17.6. The van der Waals surface area contributed by atoms with Crippen LogP contribution in [0.1, 0.15) is 46.7 Å². The van der Waals surface area contributed by atoms with Crippen molar-refractivity contribution in [3.05, 3.63) is 70.3 Å². The second kappa shape index (κ2) is 5.43. The summed E-state index contributed by atoms with van der Waals surface area (Å²) >= 11 is 0. The minimum atomic E-state index is 0.533. The Labute approximate surface area is 157 Å². The van der Waals surface area contributed by atoms with E-state index in [-0.39, 0.29) is 0 Å². The molecule has 3 aliphatic rings. The highest BCUT2D eigenvalue weighted by molar-refractivity contribution is 5.78. The van der Waals surface area contributed by atoms with Crippen molar-refractivity contribution in [2.24, 2.45) is 0 Å². The van der Waals surface area contributed by atoms with Crippen molar-refractivity contribution < 1.29 is 0 Å². The number of aryl methyl sites for hydroxylation is 2. The van der Waals surface area contributed by atoms with Gasteiger partial charge in [-0.2, -0.15) is 0 Å². The molecule has 5 heterocycles. The number of hydrogen-bond acceptors (Lipinski definition) is 2. The van der Waals surface area contributed by atoms with E-state index < -0.39 is 0 Å². The average molecular weight is 352 g/mol. The number of H-pyrrole nitrogens is 2. The fraction of sp³-hybridized carbons (Fsp3) is 0.217. The third-order valence-corrected chi connectivity index (χ3v) is 5.80. The van der Waals surface area contributed by atoms with Gasteiger partial charge in [0.25, 0.3) is 0 Å². The number of nitrogens with zero attached hydrogens (tertiary/aromatic N) is 2. The summed E-state index contributed by atoms with van der Waals surface area (Å²) in [6, 6.07) is 12.9. The SMILES string of the molecule is CC1Cc2c3nc(cc4ccc(cc5nc(cc6cc1c2[nH]6)C=C5)[nH]4)CC3. The number of aromatic nitrogens is 4. The van der Waals surface area contributed by atoms with Crippen molar-refractivity contribution in [2.45, 2.75) is 32.1 Å². The summed E-state index contributed by atoms with van der Waals surface area (Å²) < 4.78 is 0. The second-order valence-electron chi connectivity index (χ2n) is 7.79. The van der Waals surface area contributed by atoms with Crippen LogP contribution in [0.4, 0.5) is 0 Å². The van der Waals surface area contributed by atoms with Gasteiger partial charge in [-0.25, -0.2) is 4.98 Å². The first-order valence-electron chi connectivity index (χ1n) is 9.61. The van der Waals surface area contributed by atoms with Crippen molar-refractivity contribution in [3.63, 3.8) is 0 Å². The first kappa shape index (κ1) is 15.0. The smallest absolute Gasteiger partial charge is 0.0658 e. The van der Waals surface area contributed by atoms with Crippen LogP contribution in [0.2, 0.25) is 0 Å². The first-order valence-corrected chi connectivity index (χ1v) is 9.61. The highest BCUT2D eigenvalue weighted by atomic mass is 14.8. The molecule has 0 aromatic carbocycles. The molecule has 2 N–H and O–H groups in total. The van der Waals surface area contributed by atoms with E-state index in [0.717, 1.165) is 52.9 Å². The molecule has 27 heavy (non-hydrogen) atoms. The maximum Gasteiger partial charge on any atom is 0.0658 e. The standard InChI is InChI=1S/C23H20N4/c1-13-8-21-22-7-6-18(26-22)10-16-3-2-14(24-16)9-15-4-5-17(25-15)11-19-12-20(13)23(21)27-19/h2-5,9-13,24,27H,6-8H2,1H3. The molecule has 0 amide bonds. The molecular weight excluding hydrogens is 332 g/mol. The molecule has 1 aliphatic carbocycles. The molecule has 132 valence electrons. The highest BCUT2D eigenvalue weighted by Crippen LogP contribution is 2.37. The molecule has 0 saturated heterocycles. The zero-order chi connectivity index (χ0) is 18.0. The van der Waals surface area contributed by atoms with Crippen LogP contribution in [0.25, 0.3) is 34.2 Å². The molecule has 3 aromatic rings. The largest absolute Gasteiger partial charge is 0.355 e. The van der Waals surface area contributed by atoms with Crippen LogP contribution in [0.5, 0.6) is 0 Å². The number of rotatable bonds is 0. The number of nitrogens with one attached hydrogen (secondary N) is 2. The molecule has 1 unspecified atom stereocenters. The summed E-state index contributed by atoms with van der Waals surface area (Å²) in [5, 5.41) is 0. The first-order chi connectivity index (χ1) is 13.2. The van der Waals surface area contributed by atoms with Gasteiger partial charge in [0.1, 0.15) is 0 Å². The van der Waals surface area contributed by atoms with Crippen LogP contribution in [-0.2, 0) is 19.3 Å². The van der Waals surface area contributed by atoms with Gasteiger partial charge in [0.15, 0.2) is 0 Å². The number of aromatic amines is 2. The molecule has 0 saturated carbocycles. The Balaban J connectivity index is 1.73. The molecule has 3 aromatic heterocycles. The van der Waals surface area contributed by atoms with Crippen LogP contribution in [0.15, 0.2) is 36.4 Å². The van der Waals surface area contributed by atoms with E-state index in [2.05, 4.69) is 65.4 Å². The minimum absolute atomic E-state index is 0.533. The highest BCUT2D eigenvalue weighted by Gasteiger charge is 2.24. The van der Waals surface area contributed by atoms with E-state index in [0.29, 0.717) is 5.92 Å². The van der Waals surface area contributed by atoms with Crippen LogP contribution in [0.3, 0.4) is 0 Å². The molecule has 0 radical (unpaired) electrons. The Morgan fingerprint density at radius 1 is 0.852 bits per heavy atom. The predicted octanol–water partition coefficient (Wildman–Crippen LogP) is 4.93. The van der Waals surface area contributed by atoms with Crippen LogP contribution in [0, 0.1) is 0 Å². The topological polar surface area (TPSA) is 57.4 Å². The van der Waals surface area contributed by atoms with Gasteiger partial charge in [0.2, 0.25) is 0 Å². The number of fused-ring (bicyclic) bond motifs is 8. The summed E-state index contributed by atoms with van der Waals surface area (Å²) in [6.45, 7) is 2.31. The Hall–Kier alpha value is -3.14. The van der Waals surface area contributed by atoms with E-state index in [1.54, 1.807) is 0 Å². The fourth-order valence-electron chi connectivity index (χ4n) is 4.49. The van der Waals surface area contributed by atoms with E-state index in [9.17, 15) is 0 Å². The quantitative estimate of drug-likeness (QED) is 0.471. The third-order valence-electron chi connectivity index (χ3n) is 5.80. The van der Waals surface area contributed by atoms with Gasteiger partial charge >= 0.3 is 0 Å². The number of hydrogen-bond donors (Lipinski definition) is 2. The predicted molar refractivity (Wildman–Crippen MR) is 109 cm³/mol. The molecule has 4 nitrogen and oxygen atoms in total. The maximum atomic E-state index is 4.98. The Morgan fingerprint density at radius 3 is 2.48 bits per heavy atom. The van der Waals surface area contributed by atoms with E-state index in [1.165, 1.54) is 22.3 Å². The molecule has 2 aliphatic heterocycles. The maximum absolute atomic E-state index is 4.98. The lowest BCUT2D eigenvalue weighted by Crippen LogP contribution is -1.92. The van der Waals surface area contributed by atoms with Crippen molar-refractivity contribution >= 4 is 34.2 Å². The van der Waals surface area contributed by atoms with Gasteiger partial charge < -0.3 is 9.97 Å². The Morgan fingerprint density at radius 2 is 1.63 bits per heavy atom. The molecule has 0 spiro atoms. The van der Waals surface area contributed by atoms with Crippen molar-refractivity contribution in [1.82, 2.24) is 19.9 Å². The lowest BCUT2D eigenvalue weighted by molar-refractivity contribution is 0.789.